The number of benzene rings is 1. The first-order valence-corrected chi connectivity index (χ1v) is 8.73. The van der Waals surface area contributed by atoms with Crippen molar-refractivity contribution >= 4 is 17.7 Å². The van der Waals surface area contributed by atoms with Crippen molar-refractivity contribution in [2.24, 2.45) is 0 Å². The predicted molar refractivity (Wildman–Crippen MR) is 87.2 cm³/mol. The summed E-state index contributed by atoms with van der Waals surface area (Å²) in [6, 6.07) is 7.91. The number of amides is 1. The van der Waals surface area contributed by atoms with Gasteiger partial charge in [-0.05, 0) is 56.1 Å². The van der Waals surface area contributed by atoms with E-state index in [0.29, 0.717) is 0 Å². The van der Waals surface area contributed by atoms with Crippen LogP contribution >= 0.6 is 11.8 Å². The van der Waals surface area contributed by atoms with Gasteiger partial charge < -0.3 is 5.32 Å². The Hall–Kier alpha value is -1.22. The smallest absolute Gasteiger partial charge is 0.251 e. The SMILES string of the molecule is CSCc1ccc(C(=O)NCCC2=CCCCC2)cc1. The molecule has 0 spiro atoms. The van der Waals surface area contributed by atoms with Gasteiger partial charge in [0.05, 0.1) is 0 Å². The van der Waals surface area contributed by atoms with Gasteiger partial charge in [-0.3, -0.25) is 4.79 Å². The molecule has 0 saturated carbocycles. The molecule has 0 atom stereocenters. The van der Waals surface area contributed by atoms with Crippen LogP contribution in [-0.4, -0.2) is 18.7 Å². The third-order valence-electron chi connectivity index (χ3n) is 3.64. The first kappa shape index (κ1) is 15.2. The summed E-state index contributed by atoms with van der Waals surface area (Å²) < 4.78 is 0. The third-order valence-corrected chi connectivity index (χ3v) is 4.27. The molecule has 0 unspecified atom stereocenters. The second kappa shape index (κ2) is 8.15. The standard InChI is InChI=1S/C17H23NOS/c1-20-13-15-7-9-16(10-8-15)17(19)18-12-11-14-5-3-2-4-6-14/h5,7-10H,2-4,6,11-13H2,1H3,(H,18,19). The van der Waals surface area contributed by atoms with Crippen LogP contribution in [0.5, 0.6) is 0 Å². The van der Waals surface area contributed by atoms with E-state index in [-0.39, 0.29) is 5.91 Å². The molecule has 1 aliphatic rings. The molecule has 1 aromatic rings. The van der Waals surface area contributed by atoms with Crippen LogP contribution in [0.15, 0.2) is 35.9 Å². The van der Waals surface area contributed by atoms with E-state index in [1.54, 1.807) is 11.8 Å². The minimum atomic E-state index is 0.0390. The van der Waals surface area contributed by atoms with E-state index < -0.39 is 0 Å². The monoisotopic (exact) mass is 289 g/mol. The first-order valence-electron chi connectivity index (χ1n) is 7.33. The van der Waals surface area contributed by atoms with Crippen molar-refractivity contribution in [1.29, 1.82) is 0 Å². The lowest BCUT2D eigenvalue weighted by atomic mass is 9.97. The van der Waals surface area contributed by atoms with Gasteiger partial charge in [0.2, 0.25) is 0 Å². The maximum absolute atomic E-state index is 12.0. The van der Waals surface area contributed by atoms with E-state index in [9.17, 15) is 4.79 Å². The van der Waals surface area contributed by atoms with Crippen LogP contribution in [-0.2, 0) is 5.75 Å². The Labute approximate surface area is 126 Å². The van der Waals surface area contributed by atoms with Crippen molar-refractivity contribution in [2.45, 2.75) is 37.9 Å². The summed E-state index contributed by atoms with van der Waals surface area (Å²) >= 11 is 1.79. The second-order valence-corrected chi connectivity index (χ2v) is 6.11. The Bertz CT molecular complexity index is 464. The largest absolute Gasteiger partial charge is 0.352 e. The highest BCUT2D eigenvalue weighted by Gasteiger charge is 2.07. The zero-order chi connectivity index (χ0) is 14.2. The van der Waals surface area contributed by atoms with Crippen LogP contribution in [0.2, 0.25) is 0 Å². The third kappa shape index (κ3) is 4.71. The lowest BCUT2D eigenvalue weighted by Crippen LogP contribution is -2.24. The number of hydrogen-bond acceptors (Lipinski definition) is 2. The molecule has 0 radical (unpaired) electrons. The quantitative estimate of drug-likeness (QED) is 0.796. The topological polar surface area (TPSA) is 29.1 Å². The maximum Gasteiger partial charge on any atom is 0.251 e. The van der Waals surface area contributed by atoms with Gasteiger partial charge in [0.1, 0.15) is 0 Å². The van der Waals surface area contributed by atoms with Gasteiger partial charge in [0, 0.05) is 17.9 Å². The normalized spacial score (nSPS) is 14.8. The van der Waals surface area contributed by atoms with Crippen molar-refractivity contribution in [3.8, 4) is 0 Å². The van der Waals surface area contributed by atoms with Gasteiger partial charge in [-0.25, -0.2) is 0 Å². The zero-order valence-electron chi connectivity index (χ0n) is 12.2. The molecule has 0 saturated heterocycles. The van der Waals surface area contributed by atoms with Crippen molar-refractivity contribution in [3.63, 3.8) is 0 Å². The molecule has 0 bridgehead atoms. The lowest BCUT2D eigenvalue weighted by molar-refractivity contribution is 0.0954. The van der Waals surface area contributed by atoms with Crippen molar-refractivity contribution in [1.82, 2.24) is 5.32 Å². The minimum Gasteiger partial charge on any atom is -0.352 e. The summed E-state index contributed by atoms with van der Waals surface area (Å²) in [7, 11) is 0. The average Bonchev–Trinajstić information content (AvgIpc) is 2.49. The Morgan fingerprint density at radius 2 is 2.05 bits per heavy atom. The molecular formula is C17H23NOS. The summed E-state index contributed by atoms with van der Waals surface area (Å²) in [5.74, 6) is 1.04. The fourth-order valence-corrected chi connectivity index (χ4v) is 3.02. The number of thioether (sulfide) groups is 1. The van der Waals surface area contributed by atoms with Crippen LogP contribution in [0.25, 0.3) is 0 Å². The molecule has 108 valence electrons. The van der Waals surface area contributed by atoms with E-state index in [0.717, 1.165) is 24.3 Å². The molecule has 1 amide bonds. The van der Waals surface area contributed by atoms with E-state index in [1.165, 1.54) is 36.8 Å². The average molecular weight is 289 g/mol. The number of allylic oxidation sites excluding steroid dienone is 1. The highest BCUT2D eigenvalue weighted by molar-refractivity contribution is 7.97. The number of carbonyl (C=O) groups excluding carboxylic acids is 1. The molecule has 20 heavy (non-hydrogen) atoms. The molecule has 2 rings (SSSR count). The fourth-order valence-electron chi connectivity index (χ4n) is 2.49. The van der Waals surface area contributed by atoms with Gasteiger partial charge in [0.15, 0.2) is 0 Å². The first-order chi connectivity index (χ1) is 9.79. The lowest BCUT2D eigenvalue weighted by Gasteiger charge is -2.13. The summed E-state index contributed by atoms with van der Waals surface area (Å²) in [5.41, 5.74) is 3.53. The van der Waals surface area contributed by atoms with Crippen LogP contribution in [0.4, 0.5) is 0 Å². The molecule has 1 N–H and O–H groups in total. The van der Waals surface area contributed by atoms with E-state index in [4.69, 9.17) is 0 Å². The van der Waals surface area contributed by atoms with Crippen LogP contribution in [0.1, 0.15) is 48.0 Å². The van der Waals surface area contributed by atoms with Gasteiger partial charge in [0.25, 0.3) is 5.91 Å². The highest BCUT2D eigenvalue weighted by atomic mass is 32.2. The molecule has 1 aliphatic carbocycles. The number of hydrogen-bond donors (Lipinski definition) is 1. The van der Waals surface area contributed by atoms with Gasteiger partial charge in [-0.1, -0.05) is 23.8 Å². The predicted octanol–water partition coefficient (Wildman–Crippen LogP) is 4.17. The van der Waals surface area contributed by atoms with Crippen molar-refractivity contribution in [2.75, 3.05) is 12.8 Å². The maximum atomic E-state index is 12.0. The molecule has 0 aliphatic heterocycles. The Morgan fingerprint density at radius 3 is 2.70 bits per heavy atom. The number of rotatable bonds is 6. The summed E-state index contributed by atoms with van der Waals surface area (Å²) in [4.78, 5) is 12.0. The highest BCUT2D eigenvalue weighted by Crippen LogP contribution is 2.19. The zero-order valence-corrected chi connectivity index (χ0v) is 13.0. The summed E-state index contributed by atoms with van der Waals surface area (Å²) in [5, 5.41) is 3.01. The molecule has 0 heterocycles. The van der Waals surface area contributed by atoms with Crippen molar-refractivity contribution < 1.29 is 4.79 Å². The Balaban J connectivity index is 1.77. The second-order valence-electron chi connectivity index (χ2n) is 5.24. The number of nitrogens with one attached hydrogen (secondary N) is 1. The van der Waals surface area contributed by atoms with Crippen molar-refractivity contribution in [3.05, 3.63) is 47.0 Å². The Kier molecular flexibility index (Phi) is 6.19. The van der Waals surface area contributed by atoms with Crippen LogP contribution in [0, 0.1) is 0 Å². The Morgan fingerprint density at radius 1 is 1.25 bits per heavy atom. The van der Waals surface area contributed by atoms with E-state index in [2.05, 4.69) is 17.6 Å². The van der Waals surface area contributed by atoms with E-state index >= 15 is 0 Å². The van der Waals surface area contributed by atoms with Gasteiger partial charge in [-0.2, -0.15) is 11.8 Å². The molecule has 0 aromatic heterocycles. The fraction of sp³-hybridized carbons (Fsp3) is 0.471. The number of carbonyl (C=O) groups is 1. The molecule has 3 heteroatoms. The van der Waals surface area contributed by atoms with Gasteiger partial charge >= 0.3 is 0 Å². The molecule has 1 aromatic carbocycles. The van der Waals surface area contributed by atoms with Gasteiger partial charge in [-0.15, -0.1) is 0 Å². The molecular weight excluding hydrogens is 266 g/mol. The molecule has 0 fully saturated rings. The molecule has 2 nitrogen and oxygen atoms in total. The summed E-state index contributed by atoms with van der Waals surface area (Å²) in [6.45, 7) is 0.747. The minimum absolute atomic E-state index is 0.0390. The summed E-state index contributed by atoms with van der Waals surface area (Å²) in [6.07, 6.45) is 10.5. The van der Waals surface area contributed by atoms with Crippen LogP contribution in [0.3, 0.4) is 0 Å². The van der Waals surface area contributed by atoms with E-state index in [1.807, 2.05) is 24.3 Å². The van der Waals surface area contributed by atoms with Crippen LogP contribution < -0.4 is 5.32 Å².